The second kappa shape index (κ2) is 13.0. The van der Waals surface area contributed by atoms with Crippen LogP contribution < -0.4 is 0 Å². The van der Waals surface area contributed by atoms with E-state index in [9.17, 15) is 9.59 Å². The number of aromatic nitrogens is 2. The molecule has 6 nitrogen and oxygen atoms in total. The highest BCUT2D eigenvalue weighted by atomic mass is 35.5. The molecule has 1 aliphatic heterocycles. The Morgan fingerprint density at radius 3 is 1.35 bits per heavy atom. The molecule has 3 heterocycles. The van der Waals surface area contributed by atoms with Crippen LogP contribution in [0.15, 0.2) is 97.1 Å². The Morgan fingerprint density at radius 1 is 0.562 bits per heavy atom. The van der Waals surface area contributed by atoms with E-state index >= 15 is 0 Å². The Morgan fingerprint density at radius 2 is 0.958 bits per heavy atom. The largest absolute Gasteiger partial charge is 0.332 e. The molecule has 0 saturated carbocycles. The minimum atomic E-state index is -0.263. The average molecular weight is 714 g/mol. The van der Waals surface area contributed by atoms with Crippen LogP contribution >= 0.6 is 46.4 Å². The standard InChI is InChI=1S/C38H28Cl4N4O2/c1-21-19-46(38(48)28-18-36(24-12-14-30(40)32(42)16-24)44-34-10-6-4-8-26(28)34)22(2)20-45(21)37(47)27-17-35(23-11-13-29(39)31(41)15-23)43-33-9-5-3-7-25(27)33/h3-18,21-22H,19-20H2,1-2H3. The third-order valence-electron chi connectivity index (χ3n) is 8.83. The van der Waals surface area contributed by atoms with Gasteiger partial charge in [-0.25, -0.2) is 9.97 Å². The van der Waals surface area contributed by atoms with Crippen molar-refractivity contribution in [1.82, 2.24) is 19.8 Å². The van der Waals surface area contributed by atoms with Crippen LogP contribution in [0.25, 0.3) is 44.3 Å². The molecule has 0 spiro atoms. The molecule has 7 rings (SSSR count). The predicted molar refractivity (Wildman–Crippen MR) is 195 cm³/mol. The quantitative estimate of drug-likeness (QED) is 0.182. The first-order chi connectivity index (χ1) is 23.1. The average Bonchev–Trinajstić information content (AvgIpc) is 3.09. The number of hydrogen-bond donors (Lipinski definition) is 0. The van der Waals surface area contributed by atoms with Crippen molar-refractivity contribution in [2.75, 3.05) is 13.1 Å². The number of rotatable bonds is 4. The van der Waals surface area contributed by atoms with Crippen molar-refractivity contribution in [2.45, 2.75) is 25.9 Å². The molecule has 48 heavy (non-hydrogen) atoms. The fraction of sp³-hybridized carbons (Fsp3) is 0.158. The molecule has 240 valence electrons. The highest BCUT2D eigenvalue weighted by Crippen LogP contribution is 2.33. The summed E-state index contributed by atoms with van der Waals surface area (Å²) in [6, 6.07) is 28.9. The topological polar surface area (TPSA) is 66.4 Å². The van der Waals surface area contributed by atoms with Gasteiger partial charge in [-0.05, 0) is 62.4 Å². The summed E-state index contributed by atoms with van der Waals surface area (Å²) >= 11 is 25.0. The van der Waals surface area contributed by atoms with Gasteiger partial charge in [-0.1, -0.05) is 94.9 Å². The van der Waals surface area contributed by atoms with E-state index in [-0.39, 0.29) is 23.9 Å². The predicted octanol–water partition coefficient (Wildman–Crippen LogP) is 10.1. The minimum absolute atomic E-state index is 0.127. The molecule has 0 aliphatic carbocycles. The van der Waals surface area contributed by atoms with E-state index in [1.54, 1.807) is 24.3 Å². The van der Waals surface area contributed by atoms with Crippen LogP contribution in [-0.4, -0.2) is 56.8 Å². The maximum absolute atomic E-state index is 14.4. The first kappa shape index (κ1) is 32.4. The number of carbonyl (C=O) groups is 2. The smallest absolute Gasteiger partial charge is 0.254 e. The number of halogens is 4. The Kier molecular flexibility index (Phi) is 8.77. The van der Waals surface area contributed by atoms with E-state index < -0.39 is 0 Å². The van der Waals surface area contributed by atoms with Crippen LogP contribution in [0.5, 0.6) is 0 Å². The van der Waals surface area contributed by atoms with Crippen molar-refractivity contribution >= 4 is 80.0 Å². The number of carbonyl (C=O) groups excluding carboxylic acids is 2. The van der Waals surface area contributed by atoms with E-state index in [1.165, 1.54) is 0 Å². The second-order valence-electron chi connectivity index (χ2n) is 12.0. The third-order valence-corrected chi connectivity index (χ3v) is 10.3. The summed E-state index contributed by atoms with van der Waals surface area (Å²) in [4.78, 5) is 42.1. The lowest BCUT2D eigenvalue weighted by molar-refractivity contribution is 0.0272. The lowest BCUT2D eigenvalue weighted by Crippen LogP contribution is -2.59. The van der Waals surface area contributed by atoms with Crippen LogP contribution in [0.2, 0.25) is 20.1 Å². The van der Waals surface area contributed by atoms with Gasteiger partial charge in [-0.15, -0.1) is 0 Å². The maximum atomic E-state index is 14.4. The Labute approximate surface area is 297 Å². The van der Waals surface area contributed by atoms with Gasteiger partial charge in [0.15, 0.2) is 0 Å². The molecule has 4 aromatic carbocycles. The van der Waals surface area contributed by atoms with Gasteiger partial charge >= 0.3 is 0 Å². The Hall–Kier alpha value is -4.20. The fourth-order valence-electron chi connectivity index (χ4n) is 6.31. The number of para-hydroxylation sites is 2. The number of nitrogens with zero attached hydrogens (tertiary/aromatic N) is 4. The summed E-state index contributed by atoms with van der Waals surface area (Å²) < 4.78 is 0. The van der Waals surface area contributed by atoms with Crippen molar-refractivity contribution in [2.24, 2.45) is 0 Å². The summed E-state index contributed by atoms with van der Waals surface area (Å²) in [7, 11) is 0. The second-order valence-corrected chi connectivity index (χ2v) is 13.6. The molecule has 2 aromatic heterocycles. The molecule has 10 heteroatoms. The van der Waals surface area contributed by atoms with Crippen LogP contribution in [0.3, 0.4) is 0 Å². The number of amides is 2. The van der Waals surface area contributed by atoms with Crippen molar-refractivity contribution in [3.05, 3.63) is 128 Å². The molecule has 2 atom stereocenters. The summed E-state index contributed by atoms with van der Waals surface area (Å²) in [5.74, 6) is -0.254. The number of hydrogen-bond acceptors (Lipinski definition) is 4. The summed E-state index contributed by atoms with van der Waals surface area (Å²) in [5, 5.41) is 3.21. The summed E-state index contributed by atoms with van der Waals surface area (Å²) in [6.07, 6.45) is 0. The minimum Gasteiger partial charge on any atom is -0.332 e. The fourth-order valence-corrected chi connectivity index (χ4v) is 6.91. The van der Waals surface area contributed by atoms with Gasteiger partial charge in [0.05, 0.1) is 53.6 Å². The first-order valence-electron chi connectivity index (χ1n) is 15.4. The van der Waals surface area contributed by atoms with Gasteiger partial charge in [-0.3, -0.25) is 9.59 Å². The van der Waals surface area contributed by atoms with Crippen molar-refractivity contribution < 1.29 is 9.59 Å². The Balaban J connectivity index is 1.21. The molecule has 2 unspecified atom stereocenters. The van der Waals surface area contributed by atoms with Gasteiger partial charge < -0.3 is 9.80 Å². The van der Waals surface area contributed by atoms with Gasteiger partial charge in [0.2, 0.25) is 0 Å². The van der Waals surface area contributed by atoms with E-state index in [4.69, 9.17) is 56.4 Å². The van der Waals surface area contributed by atoms with Crippen LogP contribution in [0, 0.1) is 0 Å². The number of pyridine rings is 2. The molecule has 0 radical (unpaired) electrons. The monoisotopic (exact) mass is 712 g/mol. The zero-order valence-electron chi connectivity index (χ0n) is 25.9. The highest BCUT2D eigenvalue weighted by Gasteiger charge is 2.36. The van der Waals surface area contributed by atoms with E-state index in [0.717, 1.165) is 21.9 Å². The van der Waals surface area contributed by atoms with Crippen molar-refractivity contribution in [1.29, 1.82) is 0 Å². The zero-order chi connectivity index (χ0) is 33.7. The molecule has 1 aliphatic rings. The molecule has 2 amide bonds. The van der Waals surface area contributed by atoms with Gasteiger partial charge in [0.25, 0.3) is 11.8 Å². The lowest BCUT2D eigenvalue weighted by Gasteiger charge is -2.44. The normalized spacial score (nSPS) is 16.5. The van der Waals surface area contributed by atoms with Crippen LogP contribution in [0.4, 0.5) is 0 Å². The molecular weight excluding hydrogens is 686 g/mol. The molecule has 0 N–H and O–H groups in total. The molecular formula is C38H28Cl4N4O2. The number of benzene rings is 4. The summed E-state index contributed by atoms with van der Waals surface area (Å²) in [6.45, 7) is 4.65. The SMILES string of the molecule is CC1CN(C(=O)c2cc(-c3ccc(Cl)c(Cl)c3)nc3ccccc23)C(C)CN1C(=O)c1cc(-c2ccc(Cl)c(Cl)c2)nc2ccccc12. The third kappa shape index (κ3) is 5.99. The van der Waals surface area contributed by atoms with Crippen molar-refractivity contribution in [3.8, 4) is 22.5 Å². The van der Waals surface area contributed by atoms with Gasteiger partial charge in [0, 0.05) is 47.1 Å². The van der Waals surface area contributed by atoms with Gasteiger partial charge in [-0.2, -0.15) is 0 Å². The van der Waals surface area contributed by atoms with E-state index in [2.05, 4.69) is 0 Å². The maximum Gasteiger partial charge on any atom is 0.254 e. The molecule has 6 aromatic rings. The summed E-state index contributed by atoms with van der Waals surface area (Å²) in [5.41, 5.74) is 5.21. The molecule has 1 fully saturated rings. The lowest BCUT2D eigenvalue weighted by atomic mass is 9.99. The van der Waals surface area contributed by atoms with Crippen molar-refractivity contribution in [3.63, 3.8) is 0 Å². The number of piperazine rings is 1. The van der Waals surface area contributed by atoms with Crippen LogP contribution in [0.1, 0.15) is 34.6 Å². The van der Waals surface area contributed by atoms with Crippen LogP contribution in [-0.2, 0) is 0 Å². The Bertz CT molecular complexity index is 2100. The highest BCUT2D eigenvalue weighted by molar-refractivity contribution is 6.42. The van der Waals surface area contributed by atoms with Gasteiger partial charge in [0.1, 0.15) is 0 Å². The number of fused-ring (bicyclic) bond motifs is 2. The zero-order valence-corrected chi connectivity index (χ0v) is 28.9. The first-order valence-corrected chi connectivity index (χ1v) is 16.9. The van der Waals surface area contributed by atoms with E-state index in [1.807, 2.05) is 96.4 Å². The molecule has 1 saturated heterocycles. The van der Waals surface area contributed by atoms with E-state index in [0.29, 0.717) is 66.7 Å². The molecule has 0 bridgehead atoms.